The molecule has 0 saturated heterocycles. The van der Waals surface area contributed by atoms with Gasteiger partial charge in [-0.1, -0.05) is 6.07 Å². The summed E-state index contributed by atoms with van der Waals surface area (Å²) < 4.78 is 18.1. The van der Waals surface area contributed by atoms with E-state index >= 15 is 0 Å². The van der Waals surface area contributed by atoms with Crippen molar-refractivity contribution in [2.75, 3.05) is 13.2 Å². The third-order valence-corrected chi connectivity index (χ3v) is 2.30. The lowest BCUT2D eigenvalue weighted by molar-refractivity contribution is 0.0942. The molecule has 94 valence electrons. The molecule has 4 nitrogen and oxygen atoms in total. The standard InChI is InChI=1S/C13H13FN2O2/c14-10-3-1-4-11(9-10)18-8-7-16-13(17)12-5-2-6-15-12/h1-6,9,15H,7-8H2,(H,16,17). The smallest absolute Gasteiger partial charge is 0.267 e. The van der Waals surface area contributed by atoms with Crippen LogP contribution in [0.1, 0.15) is 10.5 Å². The quantitative estimate of drug-likeness (QED) is 0.795. The summed E-state index contributed by atoms with van der Waals surface area (Å²) in [6.07, 6.45) is 1.68. The number of hydrogen-bond acceptors (Lipinski definition) is 2. The van der Waals surface area contributed by atoms with E-state index < -0.39 is 0 Å². The summed E-state index contributed by atoms with van der Waals surface area (Å²) in [5.41, 5.74) is 0.501. The van der Waals surface area contributed by atoms with E-state index in [0.29, 0.717) is 18.0 Å². The molecule has 0 bridgehead atoms. The fourth-order valence-corrected chi connectivity index (χ4v) is 1.46. The summed E-state index contributed by atoms with van der Waals surface area (Å²) in [4.78, 5) is 14.3. The molecule has 0 atom stereocenters. The number of aromatic nitrogens is 1. The minimum Gasteiger partial charge on any atom is -0.492 e. The number of amides is 1. The average molecular weight is 248 g/mol. The van der Waals surface area contributed by atoms with E-state index in [1.807, 2.05) is 0 Å². The molecular weight excluding hydrogens is 235 g/mol. The predicted molar refractivity (Wildman–Crippen MR) is 65.0 cm³/mol. The molecule has 0 saturated carbocycles. The van der Waals surface area contributed by atoms with Gasteiger partial charge in [-0.15, -0.1) is 0 Å². The highest BCUT2D eigenvalue weighted by Crippen LogP contribution is 2.11. The Hall–Kier alpha value is -2.30. The molecule has 0 aliphatic rings. The summed E-state index contributed by atoms with van der Waals surface area (Å²) in [6.45, 7) is 0.643. The van der Waals surface area contributed by atoms with E-state index in [1.54, 1.807) is 30.5 Å². The first-order chi connectivity index (χ1) is 8.75. The number of nitrogens with one attached hydrogen (secondary N) is 2. The van der Waals surface area contributed by atoms with Gasteiger partial charge in [-0.05, 0) is 24.3 Å². The number of H-pyrrole nitrogens is 1. The minimum atomic E-state index is -0.345. The normalized spacial score (nSPS) is 10.1. The van der Waals surface area contributed by atoms with Crippen LogP contribution in [0.25, 0.3) is 0 Å². The van der Waals surface area contributed by atoms with Crippen molar-refractivity contribution in [1.29, 1.82) is 0 Å². The highest BCUT2D eigenvalue weighted by Gasteiger charge is 2.04. The molecule has 1 aromatic carbocycles. The van der Waals surface area contributed by atoms with Crippen LogP contribution < -0.4 is 10.1 Å². The number of ether oxygens (including phenoxy) is 1. The predicted octanol–water partition coefficient (Wildman–Crippen LogP) is 1.96. The van der Waals surface area contributed by atoms with Gasteiger partial charge in [0.1, 0.15) is 23.9 Å². The Kier molecular flexibility index (Phi) is 3.96. The van der Waals surface area contributed by atoms with Gasteiger partial charge >= 0.3 is 0 Å². The lowest BCUT2D eigenvalue weighted by atomic mass is 10.3. The van der Waals surface area contributed by atoms with Crippen LogP contribution in [-0.2, 0) is 0 Å². The van der Waals surface area contributed by atoms with Gasteiger partial charge in [-0.25, -0.2) is 4.39 Å². The van der Waals surface area contributed by atoms with Crippen molar-refractivity contribution in [3.8, 4) is 5.75 Å². The van der Waals surface area contributed by atoms with Crippen LogP contribution in [0.2, 0.25) is 0 Å². The number of hydrogen-bond donors (Lipinski definition) is 2. The maximum Gasteiger partial charge on any atom is 0.267 e. The lowest BCUT2D eigenvalue weighted by Gasteiger charge is -2.07. The van der Waals surface area contributed by atoms with E-state index in [9.17, 15) is 9.18 Å². The van der Waals surface area contributed by atoms with Crippen molar-refractivity contribution in [3.05, 3.63) is 54.1 Å². The number of aromatic amines is 1. The van der Waals surface area contributed by atoms with E-state index in [4.69, 9.17) is 4.74 Å². The zero-order chi connectivity index (χ0) is 12.8. The van der Waals surface area contributed by atoms with Gasteiger partial charge in [0, 0.05) is 12.3 Å². The largest absolute Gasteiger partial charge is 0.492 e. The Labute approximate surface area is 104 Å². The molecule has 5 heteroatoms. The molecule has 0 radical (unpaired) electrons. The molecule has 1 heterocycles. The summed E-state index contributed by atoms with van der Waals surface area (Å²) in [7, 11) is 0. The van der Waals surface area contributed by atoms with Gasteiger partial charge in [0.15, 0.2) is 0 Å². The van der Waals surface area contributed by atoms with Crippen LogP contribution in [0.15, 0.2) is 42.6 Å². The highest BCUT2D eigenvalue weighted by atomic mass is 19.1. The number of halogens is 1. The van der Waals surface area contributed by atoms with Gasteiger partial charge in [-0.2, -0.15) is 0 Å². The fraction of sp³-hybridized carbons (Fsp3) is 0.154. The monoisotopic (exact) mass is 248 g/mol. The van der Waals surface area contributed by atoms with Crippen molar-refractivity contribution in [2.45, 2.75) is 0 Å². The molecule has 18 heavy (non-hydrogen) atoms. The van der Waals surface area contributed by atoms with Crippen molar-refractivity contribution in [2.24, 2.45) is 0 Å². The SMILES string of the molecule is O=C(NCCOc1cccc(F)c1)c1ccc[nH]1. The molecule has 2 aromatic rings. The molecule has 0 aliphatic carbocycles. The Balaban J connectivity index is 1.72. The minimum absolute atomic E-state index is 0.192. The van der Waals surface area contributed by atoms with Gasteiger partial charge in [0.25, 0.3) is 5.91 Å². The van der Waals surface area contributed by atoms with Crippen LogP contribution in [0, 0.1) is 5.82 Å². The molecule has 0 spiro atoms. The van der Waals surface area contributed by atoms with Gasteiger partial charge < -0.3 is 15.0 Å². The Bertz CT molecular complexity index is 511. The van der Waals surface area contributed by atoms with Crippen LogP contribution in [0.4, 0.5) is 4.39 Å². The summed E-state index contributed by atoms with van der Waals surface area (Å²) >= 11 is 0. The molecular formula is C13H13FN2O2. The zero-order valence-corrected chi connectivity index (χ0v) is 9.65. The van der Waals surface area contributed by atoms with Crippen molar-refractivity contribution < 1.29 is 13.9 Å². The second-order valence-electron chi connectivity index (χ2n) is 3.65. The number of carbonyl (C=O) groups excluding carboxylic acids is 1. The van der Waals surface area contributed by atoms with E-state index in [2.05, 4.69) is 10.3 Å². The third kappa shape index (κ3) is 3.35. The van der Waals surface area contributed by atoms with Crippen molar-refractivity contribution >= 4 is 5.91 Å². The second kappa shape index (κ2) is 5.86. The van der Waals surface area contributed by atoms with Gasteiger partial charge in [-0.3, -0.25) is 4.79 Å². The average Bonchev–Trinajstić information content (AvgIpc) is 2.88. The molecule has 0 fully saturated rings. The third-order valence-electron chi connectivity index (χ3n) is 2.30. The molecule has 0 aliphatic heterocycles. The molecule has 1 aromatic heterocycles. The molecule has 2 rings (SSSR count). The van der Waals surface area contributed by atoms with E-state index in [1.165, 1.54) is 12.1 Å². The summed E-state index contributed by atoms with van der Waals surface area (Å²) in [6, 6.07) is 9.31. The number of carbonyl (C=O) groups is 1. The zero-order valence-electron chi connectivity index (χ0n) is 9.65. The van der Waals surface area contributed by atoms with E-state index in [-0.39, 0.29) is 18.3 Å². The maximum absolute atomic E-state index is 12.8. The summed E-state index contributed by atoms with van der Waals surface area (Å²) in [5.74, 6) is -0.0881. The number of rotatable bonds is 5. The number of benzene rings is 1. The Morgan fingerprint density at radius 2 is 2.22 bits per heavy atom. The van der Waals surface area contributed by atoms with Crippen LogP contribution in [0.5, 0.6) is 5.75 Å². The first-order valence-electron chi connectivity index (χ1n) is 5.55. The van der Waals surface area contributed by atoms with Crippen LogP contribution >= 0.6 is 0 Å². The topological polar surface area (TPSA) is 54.1 Å². The van der Waals surface area contributed by atoms with Crippen LogP contribution in [0.3, 0.4) is 0 Å². The van der Waals surface area contributed by atoms with Crippen molar-refractivity contribution in [3.63, 3.8) is 0 Å². The fourth-order valence-electron chi connectivity index (χ4n) is 1.46. The first kappa shape index (κ1) is 12.2. The molecule has 1 amide bonds. The molecule has 2 N–H and O–H groups in total. The van der Waals surface area contributed by atoms with Crippen LogP contribution in [-0.4, -0.2) is 24.0 Å². The summed E-state index contributed by atoms with van der Waals surface area (Å²) in [5, 5.41) is 2.68. The Morgan fingerprint density at radius 1 is 1.33 bits per heavy atom. The second-order valence-corrected chi connectivity index (χ2v) is 3.65. The maximum atomic E-state index is 12.8. The molecule has 0 unspecified atom stereocenters. The van der Waals surface area contributed by atoms with Gasteiger partial charge in [0.05, 0.1) is 6.54 Å². The first-order valence-corrected chi connectivity index (χ1v) is 5.55. The van der Waals surface area contributed by atoms with Gasteiger partial charge in [0.2, 0.25) is 0 Å². The highest BCUT2D eigenvalue weighted by molar-refractivity contribution is 5.92. The Morgan fingerprint density at radius 3 is 2.94 bits per heavy atom. The van der Waals surface area contributed by atoms with E-state index in [0.717, 1.165) is 0 Å². The lowest BCUT2D eigenvalue weighted by Crippen LogP contribution is -2.28. The van der Waals surface area contributed by atoms with Crippen molar-refractivity contribution in [1.82, 2.24) is 10.3 Å².